The van der Waals surface area contributed by atoms with Gasteiger partial charge in [-0.05, 0) is 111 Å². The third-order valence-electron chi connectivity index (χ3n) is 12.6. The molecule has 12 rings (SSSR count). The summed E-state index contributed by atoms with van der Waals surface area (Å²) >= 11 is 1.88. The molecular formula is C55H38N2S. The van der Waals surface area contributed by atoms with Gasteiger partial charge in [0.25, 0.3) is 0 Å². The molecule has 0 bridgehead atoms. The number of nitrogens with zero attached hydrogens (tertiary/aromatic N) is 2. The van der Waals surface area contributed by atoms with Crippen molar-refractivity contribution in [2.24, 2.45) is 0 Å². The molecule has 0 fully saturated rings. The quantitative estimate of drug-likeness (QED) is 0.170. The molecule has 0 amide bonds. The Bertz CT molecular complexity index is 3420. The van der Waals surface area contributed by atoms with Gasteiger partial charge >= 0.3 is 0 Å². The van der Waals surface area contributed by atoms with Gasteiger partial charge in [-0.15, -0.1) is 11.3 Å². The van der Waals surface area contributed by atoms with Crippen molar-refractivity contribution in [3.8, 4) is 27.9 Å². The summed E-state index contributed by atoms with van der Waals surface area (Å²) < 4.78 is 5.02. The van der Waals surface area contributed by atoms with Gasteiger partial charge in [-0.2, -0.15) is 0 Å². The van der Waals surface area contributed by atoms with Crippen LogP contribution in [0.4, 0.5) is 17.1 Å². The fourth-order valence-electron chi connectivity index (χ4n) is 9.76. The molecular weight excluding hydrogens is 721 g/mol. The van der Waals surface area contributed by atoms with Crippen LogP contribution in [0.15, 0.2) is 194 Å². The maximum atomic E-state index is 2.45. The molecule has 274 valence electrons. The van der Waals surface area contributed by atoms with Crippen molar-refractivity contribution in [2.45, 2.75) is 19.3 Å². The van der Waals surface area contributed by atoms with Gasteiger partial charge in [0, 0.05) is 59.1 Å². The van der Waals surface area contributed by atoms with E-state index in [0.29, 0.717) is 0 Å². The lowest BCUT2D eigenvalue weighted by atomic mass is 9.82. The molecule has 0 spiro atoms. The van der Waals surface area contributed by atoms with Crippen LogP contribution in [0.1, 0.15) is 25.0 Å². The molecule has 2 nitrogen and oxygen atoms in total. The second-order valence-corrected chi connectivity index (χ2v) is 17.2. The van der Waals surface area contributed by atoms with Crippen LogP contribution in [0.25, 0.3) is 80.7 Å². The van der Waals surface area contributed by atoms with Crippen LogP contribution in [-0.4, -0.2) is 4.57 Å². The van der Waals surface area contributed by atoms with Crippen molar-refractivity contribution >= 4 is 81.1 Å². The first-order valence-electron chi connectivity index (χ1n) is 20.1. The van der Waals surface area contributed by atoms with Gasteiger partial charge in [0.15, 0.2) is 0 Å². The zero-order valence-electron chi connectivity index (χ0n) is 32.3. The molecule has 0 radical (unpaired) electrons. The Balaban J connectivity index is 1.01. The van der Waals surface area contributed by atoms with E-state index < -0.39 is 0 Å². The highest BCUT2D eigenvalue weighted by Crippen LogP contribution is 2.51. The highest BCUT2D eigenvalue weighted by Gasteiger charge is 2.35. The largest absolute Gasteiger partial charge is 0.310 e. The maximum absolute atomic E-state index is 2.45. The lowest BCUT2D eigenvalue weighted by molar-refractivity contribution is 0.660. The Kier molecular flexibility index (Phi) is 7.18. The summed E-state index contributed by atoms with van der Waals surface area (Å²) in [5.74, 6) is 0. The molecule has 0 saturated heterocycles. The van der Waals surface area contributed by atoms with Crippen LogP contribution < -0.4 is 4.90 Å². The molecule has 1 aliphatic carbocycles. The number of thiophene rings is 1. The average molecular weight is 759 g/mol. The predicted molar refractivity (Wildman–Crippen MR) is 249 cm³/mol. The zero-order valence-corrected chi connectivity index (χ0v) is 33.1. The summed E-state index contributed by atoms with van der Waals surface area (Å²) in [6.45, 7) is 4.72. The predicted octanol–water partition coefficient (Wildman–Crippen LogP) is 15.7. The van der Waals surface area contributed by atoms with E-state index in [1.807, 2.05) is 11.3 Å². The molecule has 1 aliphatic rings. The second-order valence-electron chi connectivity index (χ2n) is 16.1. The van der Waals surface area contributed by atoms with Crippen LogP contribution in [-0.2, 0) is 5.41 Å². The highest BCUT2D eigenvalue weighted by atomic mass is 32.1. The van der Waals surface area contributed by atoms with E-state index in [0.717, 1.165) is 17.1 Å². The van der Waals surface area contributed by atoms with Crippen molar-refractivity contribution < 1.29 is 0 Å². The van der Waals surface area contributed by atoms with Gasteiger partial charge in [0.1, 0.15) is 0 Å². The van der Waals surface area contributed by atoms with Gasteiger partial charge < -0.3 is 9.47 Å². The van der Waals surface area contributed by atoms with Crippen molar-refractivity contribution in [1.29, 1.82) is 0 Å². The molecule has 2 heterocycles. The number of hydrogen-bond donors (Lipinski definition) is 0. The fourth-order valence-corrected chi connectivity index (χ4v) is 10.9. The van der Waals surface area contributed by atoms with Gasteiger partial charge in [-0.25, -0.2) is 0 Å². The van der Waals surface area contributed by atoms with E-state index in [-0.39, 0.29) is 5.41 Å². The summed E-state index contributed by atoms with van der Waals surface area (Å²) in [4.78, 5) is 2.44. The number of hydrogen-bond acceptors (Lipinski definition) is 2. The van der Waals surface area contributed by atoms with Crippen molar-refractivity contribution in [3.63, 3.8) is 0 Å². The lowest BCUT2D eigenvalue weighted by Gasteiger charge is -2.28. The minimum atomic E-state index is -0.0978. The molecule has 0 saturated carbocycles. The van der Waals surface area contributed by atoms with E-state index in [4.69, 9.17) is 0 Å². The third-order valence-corrected chi connectivity index (χ3v) is 13.7. The summed E-state index contributed by atoms with van der Waals surface area (Å²) in [7, 11) is 0. The first-order valence-corrected chi connectivity index (χ1v) is 20.9. The number of para-hydroxylation sites is 1. The van der Waals surface area contributed by atoms with Gasteiger partial charge in [0.2, 0.25) is 0 Å². The van der Waals surface area contributed by atoms with Crippen molar-refractivity contribution in [3.05, 3.63) is 205 Å². The first kappa shape index (κ1) is 33.2. The van der Waals surface area contributed by atoms with E-state index in [1.54, 1.807) is 0 Å². The SMILES string of the molecule is CC1(C)c2ccccc2-c2ccc(N(c3ccc(-c4ccccc4)cc3)c3ccc4sc5cc(-n6c7ccccc7c7c8ccccc8ccc76)ccc5c4c3)cc21. The van der Waals surface area contributed by atoms with E-state index in [1.165, 1.54) is 91.8 Å². The number of rotatable bonds is 5. The smallest absolute Gasteiger partial charge is 0.0547 e. The summed E-state index contributed by atoms with van der Waals surface area (Å²) in [5.41, 5.74) is 14.8. The minimum absolute atomic E-state index is 0.0978. The van der Waals surface area contributed by atoms with Crippen LogP contribution in [0.3, 0.4) is 0 Å². The number of benzene rings is 9. The Morgan fingerprint density at radius 2 is 1.12 bits per heavy atom. The number of aromatic nitrogens is 1. The lowest BCUT2D eigenvalue weighted by Crippen LogP contribution is -2.16. The highest BCUT2D eigenvalue weighted by molar-refractivity contribution is 7.25. The summed E-state index contributed by atoms with van der Waals surface area (Å²) in [6.07, 6.45) is 0. The average Bonchev–Trinajstić information content (AvgIpc) is 3.89. The Hall–Kier alpha value is -6.94. The van der Waals surface area contributed by atoms with Crippen molar-refractivity contribution in [1.82, 2.24) is 4.57 Å². The molecule has 3 heteroatoms. The van der Waals surface area contributed by atoms with E-state index in [2.05, 4.69) is 217 Å². The number of anilines is 3. The summed E-state index contributed by atoms with van der Waals surface area (Å²) in [6, 6.07) is 71.8. The van der Waals surface area contributed by atoms with E-state index in [9.17, 15) is 0 Å². The fraction of sp³-hybridized carbons (Fsp3) is 0.0545. The normalized spacial score (nSPS) is 13.1. The topological polar surface area (TPSA) is 8.17 Å². The molecule has 9 aromatic carbocycles. The van der Waals surface area contributed by atoms with Crippen LogP contribution >= 0.6 is 11.3 Å². The summed E-state index contributed by atoms with van der Waals surface area (Å²) in [5, 5.41) is 7.71. The first-order chi connectivity index (χ1) is 28.5. The van der Waals surface area contributed by atoms with E-state index >= 15 is 0 Å². The molecule has 11 aromatic rings. The standard InChI is InChI=1S/C55H38N2S/c1-55(2)48-18-10-8-16-43(48)44-28-25-40(33-49(44)55)56(38-23-20-36(21-24-38)35-12-4-3-5-13-35)39-27-31-52-47(32-39)45-29-26-41(34-53(45)58-52)57-50-19-11-9-17-46(50)54-42-15-7-6-14-37(42)22-30-51(54)57/h3-34H,1-2H3. The Morgan fingerprint density at radius 1 is 0.431 bits per heavy atom. The van der Waals surface area contributed by atoms with Gasteiger partial charge in [-0.3, -0.25) is 0 Å². The molecule has 0 N–H and O–H groups in total. The molecule has 0 unspecified atom stereocenters. The van der Waals surface area contributed by atoms with Crippen molar-refractivity contribution in [2.75, 3.05) is 4.90 Å². The minimum Gasteiger partial charge on any atom is -0.310 e. The molecule has 0 atom stereocenters. The molecule has 58 heavy (non-hydrogen) atoms. The zero-order chi connectivity index (χ0) is 38.5. The number of fused-ring (bicyclic) bond motifs is 11. The monoisotopic (exact) mass is 758 g/mol. The third kappa shape index (κ3) is 4.90. The Morgan fingerprint density at radius 3 is 2.00 bits per heavy atom. The van der Waals surface area contributed by atoms with Crippen LogP contribution in [0.5, 0.6) is 0 Å². The molecule has 2 aromatic heterocycles. The van der Waals surface area contributed by atoms with Crippen LogP contribution in [0.2, 0.25) is 0 Å². The van der Waals surface area contributed by atoms with Gasteiger partial charge in [0.05, 0.1) is 11.0 Å². The van der Waals surface area contributed by atoms with Gasteiger partial charge in [-0.1, -0.05) is 141 Å². The second kappa shape index (κ2) is 12.5. The van der Waals surface area contributed by atoms with Crippen LogP contribution in [0, 0.1) is 0 Å². The maximum Gasteiger partial charge on any atom is 0.0547 e. The Labute approximate surface area is 341 Å². The molecule has 0 aliphatic heterocycles.